The molecule has 0 aliphatic rings. The quantitative estimate of drug-likeness (QED) is 0.834. The molecular weight excluding hydrogens is 271 g/mol. The van der Waals surface area contributed by atoms with Crippen LogP contribution in [0.4, 0.5) is 0 Å². The maximum Gasteiger partial charge on any atom is 0.138 e. The monoisotopic (exact) mass is 284 g/mol. The summed E-state index contributed by atoms with van der Waals surface area (Å²) in [4.78, 5) is 4.25. The van der Waals surface area contributed by atoms with Crippen LogP contribution in [0.2, 0.25) is 10.0 Å². The van der Waals surface area contributed by atoms with E-state index in [1.807, 2.05) is 6.20 Å². The third kappa shape index (κ3) is 3.18. The first kappa shape index (κ1) is 13.2. The summed E-state index contributed by atoms with van der Waals surface area (Å²) in [6.45, 7) is 3.38. The molecule has 0 aliphatic carbocycles. The number of rotatable bonds is 5. The molecular formula is C13H14Cl2N2O. The molecule has 0 radical (unpaired) electrons. The van der Waals surface area contributed by atoms with Crippen LogP contribution in [-0.2, 0) is 13.0 Å². The number of halogens is 2. The van der Waals surface area contributed by atoms with Crippen LogP contribution in [0.1, 0.15) is 12.7 Å². The van der Waals surface area contributed by atoms with Gasteiger partial charge in [-0.3, -0.25) is 0 Å². The van der Waals surface area contributed by atoms with Crippen LogP contribution in [-0.4, -0.2) is 16.2 Å². The fraction of sp³-hybridized carbons (Fsp3) is 0.308. The summed E-state index contributed by atoms with van der Waals surface area (Å²) in [5.41, 5.74) is 0. The van der Waals surface area contributed by atoms with Crippen molar-refractivity contribution in [3.8, 4) is 5.75 Å². The first-order valence-electron chi connectivity index (χ1n) is 5.78. The molecule has 0 saturated heterocycles. The van der Waals surface area contributed by atoms with E-state index >= 15 is 0 Å². The zero-order valence-electron chi connectivity index (χ0n) is 10.1. The van der Waals surface area contributed by atoms with E-state index in [1.54, 1.807) is 24.4 Å². The van der Waals surface area contributed by atoms with Gasteiger partial charge in [-0.1, -0.05) is 30.1 Å². The van der Waals surface area contributed by atoms with Gasteiger partial charge in [0, 0.05) is 23.8 Å². The van der Waals surface area contributed by atoms with Crippen LogP contribution in [0.25, 0.3) is 0 Å². The summed E-state index contributed by atoms with van der Waals surface area (Å²) in [5.74, 6) is 1.71. The maximum absolute atomic E-state index is 6.02. The van der Waals surface area contributed by atoms with Gasteiger partial charge in [0.1, 0.15) is 18.2 Å². The van der Waals surface area contributed by atoms with Crippen molar-refractivity contribution in [3.63, 3.8) is 0 Å². The maximum atomic E-state index is 6.02. The van der Waals surface area contributed by atoms with Gasteiger partial charge in [0.15, 0.2) is 0 Å². The Bertz CT molecular complexity index is 525. The summed E-state index contributed by atoms with van der Waals surface area (Å²) in [7, 11) is 0. The minimum absolute atomic E-state index is 0.531. The van der Waals surface area contributed by atoms with Crippen molar-refractivity contribution < 1.29 is 4.74 Å². The molecule has 18 heavy (non-hydrogen) atoms. The number of ether oxygens (including phenoxy) is 1. The van der Waals surface area contributed by atoms with E-state index < -0.39 is 0 Å². The van der Waals surface area contributed by atoms with Crippen molar-refractivity contribution in [2.45, 2.75) is 19.9 Å². The van der Waals surface area contributed by atoms with Gasteiger partial charge >= 0.3 is 0 Å². The Morgan fingerprint density at radius 1 is 1.33 bits per heavy atom. The number of imidazole rings is 1. The number of aromatic nitrogens is 2. The molecule has 5 heteroatoms. The van der Waals surface area contributed by atoms with Gasteiger partial charge in [0.05, 0.1) is 11.6 Å². The van der Waals surface area contributed by atoms with Crippen LogP contribution in [0.5, 0.6) is 5.75 Å². The van der Waals surface area contributed by atoms with Crippen molar-refractivity contribution in [2.24, 2.45) is 0 Å². The van der Waals surface area contributed by atoms with Crippen molar-refractivity contribution in [2.75, 3.05) is 6.61 Å². The van der Waals surface area contributed by atoms with E-state index in [9.17, 15) is 0 Å². The van der Waals surface area contributed by atoms with E-state index in [0.717, 1.165) is 18.8 Å². The number of nitrogens with zero attached hydrogens (tertiary/aromatic N) is 2. The Labute approximate surface area is 116 Å². The minimum Gasteiger partial charge on any atom is -0.490 e. The molecule has 0 N–H and O–H groups in total. The van der Waals surface area contributed by atoms with Crippen molar-refractivity contribution in [1.29, 1.82) is 0 Å². The normalized spacial score (nSPS) is 10.6. The zero-order chi connectivity index (χ0) is 13.0. The highest BCUT2D eigenvalue weighted by atomic mass is 35.5. The molecule has 96 valence electrons. The third-order valence-corrected chi connectivity index (χ3v) is 3.13. The number of hydrogen-bond acceptors (Lipinski definition) is 2. The fourth-order valence-electron chi connectivity index (χ4n) is 1.70. The largest absolute Gasteiger partial charge is 0.490 e. The van der Waals surface area contributed by atoms with Crippen LogP contribution in [0.3, 0.4) is 0 Å². The van der Waals surface area contributed by atoms with Crippen LogP contribution in [0.15, 0.2) is 30.6 Å². The second-order valence-electron chi connectivity index (χ2n) is 3.81. The van der Waals surface area contributed by atoms with Gasteiger partial charge in [-0.05, 0) is 18.2 Å². The number of benzene rings is 1. The molecule has 0 amide bonds. The van der Waals surface area contributed by atoms with Gasteiger partial charge in [0.2, 0.25) is 0 Å². The standard InChI is InChI=1S/C13H14Cl2N2O/c1-2-13-16-5-6-17(13)7-8-18-12-4-3-10(14)9-11(12)15/h3-6,9H,2,7-8H2,1H3. The van der Waals surface area contributed by atoms with E-state index in [1.165, 1.54) is 0 Å². The molecule has 0 unspecified atom stereocenters. The first-order chi connectivity index (χ1) is 8.70. The summed E-state index contributed by atoms with van der Waals surface area (Å²) in [5, 5.41) is 1.14. The molecule has 1 heterocycles. The number of hydrogen-bond donors (Lipinski definition) is 0. The van der Waals surface area contributed by atoms with E-state index in [2.05, 4.69) is 16.5 Å². The molecule has 0 bridgehead atoms. The van der Waals surface area contributed by atoms with Gasteiger partial charge in [-0.15, -0.1) is 0 Å². The smallest absolute Gasteiger partial charge is 0.138 e. The summed E-state index contributed by atoms with van der Waals surface area (Å²) >= 11 is 11.8. The van der Waals surface area contributed by atoms with Crippen molar-refractivity contribution in [1.82, 2.24) is 9.55 Å². The first-order valence-corrected chi connectivity index (χ1v) is 6.54. The molecule has 0 fully saturated rings. The topological polar surface area (TPSA) is 27.1 Å². The Morgan fingerprint density at radius 2 is 2.17 bits per heavy atom. The second-order valence-corrected chi connectivity index (χ2v) is 4.66. The van der Waals surface area contributed by atoms with Crippen LogP contribution >= 0.6 is 23.2 Å². The number of aryl methyl sites for hydroxylation is 1. The van der Waals surface area contributed by atoms with Crippen molar-refractivity contribution in [3.05, 3.63) is 46.5 Å². The SMILES string of the molecule is CCc1nccn1CCOc1ccc(Cl)cc1Cl. The Balaban J connectivity index is 1.92. The fourth-order valence-corrected chi connectivity index (χ4v) is 2.17. The predicted molar refractivity (Wildman–Crippen MR) is 73.6 cm³/mol. The highest BCUT2D eigenvalue weighted by molar-refractivity contribution is 6.35. The molecule has 0 atom stereocenters. The zero-order valence-corrected chi connectivity index (χ0v) is 11.6. The van der Waals surface area contributed by atoms with Gasteiger partial charge in [0.25, 0.3) is 0 Å². The summed E-state index contributed by atoms with van der Waals surface area (Å²) < 4.78 is 7.70. The molecule has 1 aromatic carbocycles. The molecule has 3 nitrogen and oxygen atoms in total. The average molecular weight is 285 g/mol. The lowest BCUT2D eigenvalue weighted by Gasteiger charge is -2.10. The van der Waals surface area contributed by atoms with Crippen LogP contribution in [0, 0.1) is 0 Å². The summed E-state index contributed by atoms with van der Waals surface area (Å²) in [6, 6.07) is 5.21. The Kier molecular flexibility index (Phi) is 4.50. The van der Waals surface area contributed by atoms with E-state index in [4.69, 9.17) is 27.9 Å². The lowest BCUT2D eigenvalue weighted by atomic mass is 10.3. The Morgan fingerprint density at radius 3 is 2.89 bits per heavy atom. The summed E-state index contributed by atoms with van der Waals surface area (Å²) in [6.07, 6.45) is 4.66. The predicted octanol–water partition coefficient (Wildman–Crippen LogP) is 3.83. The highest BCUT2D eigenvalue weighted by Gasteiger charge is 2.03. The second kappa shape index (κ2) is 6.12. The lowest BCUT2D eigenvalue weighted by Crippen LogP contribution is -2.10. The van der Waals surface area contributed by atoms with Gasteiger partial charge in [-0.2, -0.15) is 0 Å². The Hall–Kier alpha value is -1.19. The molecule has 1 aromatic heterocycles. The molecule has 2 rings (SSSR count). The average Bonchev–Trinajstić information content (AvgIpc) is 2.79. The molecule has 2 aromatic rings. The van der Waals surface area contributed by atoms with Gasteiger partial charge < -0.3 is 9.30 Å². The van der Waals surface area contributed by atoms with E-state index in [-0.39, 0.29) is 0 Å². The highest BCUT2D eigenvalue weighted by Crippen LogP contribution is 2.27. The van der Waals surface area contributed by atoms with E-state index in [0.29, 0.717) is 22.4 Å². The third-order valence-electron chi connectivity index (χ3n) is 2.60. The molecule has 0 aliphatic heterocycles. The molecule has 0 spiro atoms. The van der Waals surface area contributed by atoms with Crippen molar-refractivity contribution >= 4 is 23.2 Å². The lowest BCUT2D eigenvalue weighted by molar-refractivity contribution is 0.296. The molecule has 0 saturated carbocycles. The van der Waals surface area contributed by atoms with Crippen LogP contribution < -0.4 is 4.74 Å². The minimum atomic E-state index is 0.531. The van der Waals surface area contributed by atoms with Gasteiger partial charge in [-0.25, -0.2) is 4.98 Å².